The van der Waals surface area contributed by atoms with E-state index in [1.807, 2.05) is 24.3 Å². The Kier molecular flexibility index (Phi) is 5.00. The second-order valence-corrected chi connectivity index (χ2v) is 8.80. The summed E-state index contributed by atoms with van der Waals surface area (Å²) in [5.41, 5.74) is 1.67. The van der Waals surface area contributed by atoms with Crippen LogP contribution in [0, 0.1) is 0 Å². The highest BCUT2D eigenvalue weighted by molar-refractivity contribution is 7.55. The van der Waals surface area contributed by atoms with Gasteiger partial charge in [-0.1, -0.05) is 99.6 Å². The summed E-state index contributed by atoms with van der Waals surface area (Å²) in [4.78, 5) is 0. The molecule has 31 heavy (non-hydrogen) atoms. The van der Waals surface area contributed by atoms with E-state index in [0.717, 1.165) is 37.9 Å². The van der Waals surface area contributed by atoms with Gasteiger partial charge in [-0.2, -0.15) is 13.2 Å². The van der Waals surface area contributed by atoms with Crippen LogP contribution in [0.5, 0.6) is 0 Å². The average Bonchev–Trinajstić information content (AvgIpc) is 2.78. The lowest BCUT2D eigenvalue weighted by molar-refractivity contribution is -0.137. The van der Waals surface area contributed by atoms with Crippen LogP contribution in [0.3, 0.4) is 0 Å². The smallest absolute Gasteiger partial charge is 0.166 e. The number of rotatable bonds is 3. The number of benzene rings is 5. The fourth-order valence-corrected chi connectivity index (χ4v) is 5.21. The molecule has 152 valence electrons. The van der Waals surface area contributed by atoms with Crippen LogP contribution in [0.15, 0.2) is 103 Å². The highest BCUT2D eigenvalue weighted by Gasteiger charge is 2.30. The molecule has 1 unspecified atom stereocenters. The third-order valence-electron chi connectivity index (χ3n) is 5.48. The molecule has 0 saturated heterocycles. The Morgan fingerprint density at radius 3 is 1.87 bits per heavy atom. The normalized spacial score (nSPS) is 12.2. The van der Waals surface area contributed by atoms with Crippen molar-refractivity contribution < 1.29 is 13.2 Å². The topological polar surface area (TPSA) is 0 Å². The lowest BCUT2D eigenvalue weighted by atomic mass is 9.94. The van der Waals surface area contributed by atoms with Crippen LogP contribution >= 0.6 is 8.58 Å². The van der Waals surface area contributed by atoms with Gasteiger partial charge in [-0.25, -0.2) is 0 Å². The molecular formula is C27H18F3P. The van der Waals surface area contributed by atoms with E-state index in [-0.39, 0.29) is 8.58 Å². The number of halogens is 3. The first-order valence-electron chi connectivity index (χ1n) is 9.95. The van der Waals surface area contributed by atoms with E-state index in [2.05, 4.69) is 54.6 Å². The number of hydrogen-bond acceptors (Lipinski definition) is 0. The minimum Gasteiger partial charge on any atom is -0.166 e. The van der Waals surface area contributed by atoms with Crippen molar-refractivity contribution in [1.29, 1.82) is 0 Å². The molecule has 0 nitrogen and oxygen atoms in total. The third-order valence-corrected chi connectivity index (χ3v) is 6.79. The van der Waals surface area contributed by atoms with Crippen LogP contribution in [0.2, 0.25) is 0 Å². The van der Waals surface area contributed by atoms with Gasteiger partial charge in [-0.3, -0.25) is 0 Å². The molecule has 5 aromatic carbocycles. The molecule has 0 fully saturated rings. The van der Waals surface area contributed by atoms with E-state index < -0.39 is 11.7 Å². The lowest BCUT2D eigenvalue weighted by Crippen LogP contribution is -2.10. The van der Waals surface area contributed by atoms with Gasteiger partial charge in [-0.05, 0) is 55.4 Å². The summed E-state index contributed by atoms with van der Waals surface area (Å²) in [5, 5.41) is 6.62. The van der Waals surface area contributed by atoms with Crippen molar-refractivity contribution >= 4 is 40.7 Å². The Hall–Kier alpha value is -3.16. The zero-order chi connectivity index (χ0) is 21.4. The summed E-state index contributed by atoms with van der Waals surface area (Å²) in [6.45, 7) is 0. The predicted octanol–water partition coefficient (Wildman–Crippen LogP) is 7.31. The number of fused-ring (bicyclic) bond motifs is 2. The molecule has 0 aromatic heterocycles. The maximum absolute atomic E-state index is 13.0. The van der Waals surface area contributed by atoms with Gasteiger partial charge in [0.2, 0.25) is 0 Å². The van der Waals surface area contributed by atoms with Crippen molar-refractivity contribution in [3.05, 3.63) is 109 Å². The Morgan fingerprint density at radius 2 is 1.16 bits per heavy atom. The molecule has 5 aromatic rings. The number of hydrogen-bond donors (Lipinski definition) is 0. The van der Waals surface area contributed by atoms with Crippen molar-refractivity contribution in [2.45, 2.75) is 6.18 Å². The van der Waals surface area contributed by atoms with Crippen LogP contribution in [0.25, 0.3) is 32.7 Å². The fourth-order valence-electron chi connectivity index (χ4n) is 4.01. The summed E-state index contributed by atoms with van der Waals surface area (Å²) in [6, 6.07) is 32.5. The van der Waals surface area contributed by atoms with E-state index >= 15 is 0 Å². The van der Waals surface area contributed by atoms with Crippen LogP contribution < -0.4 is 10.6 Å². The summed E-state index contributed by atoms with van der Waals surface area (Å²) < 4.78 is 38.9. The molecule has 0 heterocycles. The Balaban J connectivity index is 1.69. The first-order valence-corrected chi connectivity index (χ1v) is 10.9. The third kappa shape index (κ3) is 3.82. The summed E-state index contributed by atoms with van der Waals surface area (Å²) in [6.07, 6.45) is -4.32. The van der Waals surface area contributed by atoms with Crippen molar-refractivity contribution in [3.63, 3.8) is 0 Å². The highest BCUT2D eigenvalue weighted by atomic mass is 31.1. The molecule has 0 amide bonds. The van der Waals surface area contributed by atoms with Crippen LogP contribution in [-0.4, -0.2) is 0 Å². The molecule has 0 spiro atoms. The summed E-state index contributed by atoms with van der Waals surface area (Å²) in [7, 11) is 0.248. The Morgan fingerprint density at radius 1 is 0.548 bits per heavy atom. The Labute approximate surface area is 180 Å². The predicted molar refractivity (Wildman–Crippen MR) is 126 cm³/mol. The maximum atomic E-state index is 13.0. The number of alkyl halides is 3. The minimum atomic E-state index is -4.32. The first-order chi connectivity index (χ1) is 15.0. The standard InChI is InChI=1S/C27H18F3P/c28-27(29,30)20-13-15-21(16-14-20)31-25-17-12-19-7-2-4-10-23(19)26(25)24-11-5-8-18-6-1-3-9-22(18)24/h1-17,31H. The van der Waals surface area contributed by atoms with Gasteiger partial charge in [0.05, 0.1) is 5.56 Å². The van der Waals surface area contributed by atoms with Crippen molar-refractivity contribution in [1.82, 2.24) is 0 Å². The van der Waals surface area contributed by atoms with Crippen LogP contribution in [0.1, 0.15) is 5.56 Å². The molecule has 0 aliphatic rings. The van der Waals surface area contributed by atoms with Gasteiger partial charge in [-0.15, -0.1) is 0 Å². The largest absolute Gasteiger partial charge is 0.416 e. The molecule has 0 radical (unpaired) electrons. The molecule has 0 aliphatic heterocycles. The van der Waals surface area contributed by atoms with E-state index in [4.69, 9.17) is 0 Å². The van der Waals surface area contributed by atoms with Gasteiger partial charge in [0, 0.05) is 0 Å². The van der Waals surface area contributed by atoms with E-state index in [0.29, 0.717) is 0 Å². The van der Waals surface area contributed by atoms with Gasteiger partial charge < -0.3 is 0 Å². The lowest BCUT2D eigenvalue weighted by Gasteiger charge is -2.16. The Bertz CT molecular complexity index is 1380. The SMILES string of the molecule is FC(F)(F)c1ccc(Pc2ccc3ccccc3c2-c2cccc3ccccc23)cc1. The molecule has 1 atom stereocenters. The molecule has 0 bridgehead atoms. The highest BCUT2D eigenvalue weighted by Crippen LogP contribution is 2.36. The fraction of sp³-hybridized carbons (Fsp3) is 0.0370. The van der Waals surface area contributed by atoms with Gasteiger partial charge in [0.25, 0.3) is 0 Å². The molecule has 4 heteroatoms. The van der Waals surface area contributed by atoms with E-state index in [9.17, 15) is 13.2 Å². The second kappa shape index (κ2) is 7.83. The zero-order valence-corrected chi connectivity index (χ0v) is 17.4. The molecular weight excluding hydrogens is 412 g/mol. The first kappa shape index (κ1) is 19.8. The average molecular weight is 430 g/mol. The summed E-state index contributed by atoms with van der Waals surface area (Å²) in [5.74, 6) is 0. The van der Waals surface area contributed by atoms with Gasteiger partial charge >= 0.3 is 6.18 Å². The van der Waals surface area contributed by atoms with Gasteiger partial charge in [0.1, 0.15) is 0 Å². The van der Waals surface area contributed by atoms with Crippen molar-refractivity contribution in [2.75, 3.05) is 0 Å². The minimum absolute atomic E-state index is 0.248. The molecule has 0 saturated carbocycles. The van der Waals surface area contributed by atoms with Crippen LogP contribution in [-0.2, 0) is 6.18 Å². The van der Waals surface area contributed by atoms with Crippen molar-refractivity contribution in [3.8, 4) is 11.1 Å². The van der Waals surface area contributed by atoms with E-state index in [1.54, 1.807) is 12.1 Å². The van der Waals surface area contributed by atoms with Crippen LogP contribution in [0.4, 0.5) is 13.2 Å². The quantitative estimate of drug-likeness (QED) is 0.263. The molecule has 0 N–H and O–H groups in total. The van der Waals surface area contributed by atoms with Gasteiger partial charge in [0.15, 0.2) is 0 Å². The zero-order valence-electron chi connectivity index (χ0n) is 16.4. The molecule has 5 rings (SSSR count). The van der Waals surface area contributed by atoms with Crippen molar-refractivity contribution in [2.24, 2.45) is 0 Å². The molecule has 0 aliphatic carbocycles. The second-order valence-electron chi connectivity index (χ2n) is 7.44. The van der Waals surface area contributed by atoms with E-state index in [1.165, 1.54) is 17.5 Å². The summed E-state index contributed by atoms with van der Waals surface area (Å²) >= 11 is 0. The monoisotopic (exact) mass is 430 g/mol. The maximum Gasteiger partial charge on any atom is 0.416 e.